The Labute approximate surface area is 95.9 Å². The van der Waals surface area contributed by atoms with E-state index in [1.54, 1.807) is 6.26 Å². The van der Waals surface area contributed by atoms with Gasteiger partial charge in [-0.25, -0.2) is 4.99 Å². The maximum Gasteiger partial charge on any atom is 0.189 e. The minimum Gasteiger partial charge on any atom is -0.467 e. The molecule has 0 saturated heterocycles. The number of aliphatic imine (C=N–C) groups is 1. The molecular weight excluding hydrogens is 202 g/mol. The molecule has 1 aromatic heterocycles. The predicted molar refractivity (Wildman–Crippen MR) is 64.2 cm³/mol. The molecule has 88 valence electrons. The minimum atomic E-state index is 0.515. The van der Waals surface area contributed by atoms with Crippen molar-refractivity contribution in [1.82, 2.24) is 5.32 Å². The summed E-state index contributed by atoms with van der Waals surface area (Å²) < 4.78 is 5.29. The van der Waals surface area contributed by atoms with E-state index in [0.717, 1.165) is 11.3 Å². The molecule has 2 rings (SSSR count). The Morgan fingerprint density at radius 1 is 1.56 bits per heavy atom. The molecule has 1 aliphatic carbocycles. The molecule has 0 spiro atoms. The molecule has 0 radical (unpaired) electrons. The summed E-state index contributed by atoms with van der Waals surface area (Å²) in [5.41, 5.74) is 6.94. The summed E-state index contributed by atoms with van der Waals surface area (Å²) in [5, 5.41) is 3.25. The van der Waals surface area contributed by atoms with Crippen molar-refractivity contribution in [2.45, 2.75) is 45.2 Å². The van der Waals surface area contributed by atoms with E-state index >= 15 is 0 Å². The fraction of sp³-hybridized carbons (Fsp3) is 0.583. The largest absolute Gasteiger partial charge is 0.467 e. The third-order valence-electron chi connectivity index (χ3n) is 3.07. The van der Waals surface area contributed by atoms with Gasteiger partial charge in [0.05, 0.1) is 6.26 Å². The SMILES string of the molecule is Cc1ccoc1CN=C(N)NC1CCCC1. The lowest BCUT2D eigenvalue weighted by Crippen LogP contribution is -2.38. The summed E-state index contributed by atoms with van der Waals surface area (Å²) in [7, 11) is 0. The van der Waals surface area contributed by atoms with Crippen LogP contribution in [-0.2, 0) is 6.54 Å². The maximum absolute atomic E-state index is 5.82. The molecule has 3 N–H and O–H groups in total. The van der Waals surface area contributed by atoms with Crippen molar-refractivity contribution in [3.8, 4) is 0 Å². The van der Waals surface area contributed by atoms with Crippen LogP contribution in [0.15, 0.2) is 21.7 Å². The molecule has 0 aromatic carbocycles. The van der Waals surface area contributed by atoms with E-state index in [2.05, 4.69) is 10.3 Å². The topological polar surface area (TPSA) is 63.5 Å². The van der Waals surface area contributed by atoms with E-state index < -0.39 is 0 Å². The van der Waals surface area contributed by atoms with Crippen LogP contribution >= 0.6 is 0 Å². The molecule has 1 saturated carbocycles. The first-order valence-corrected chi connectivity index (χ1v) is 5.85. The van der Waals surface area contributed by atoms with Crippen molar-refractivity contribution in [3.63, 3.8) is 0 Å². The number of hydrogen-bond acceptors (Lipinski definition) is 2. The Bertz CT molecular complexity index is 364. The van der Waals surface area contributed by atoms with Crippen LogP contribution in [0.25, 0.3) is 0 Å². The van der Waals surface area contributed by atoms with Crippen molar-refractivity contribution in [2.24, 2.45) is 10.7 Å². The zero-order valence-corrected chi connectivity index (χ0v) is 9.70. The Hall–Kier alpha value is -1.45. The highest BCUT2D eigenvalue weighted by atomic mass is 16.3. The number of nitrogens with two attached hydrogens (primary N) is 1. The summed E-state index contributed by atoms with van der Waals surface area (Å²) in [6.07, 6.45) is 6.68. The first kappa shape index (κ1) is 11.0. The number of nitrogens with one attached hydrogen (secondary N) is 1. The van der Waals surface area contributed by atoms with E-state index in [1.807, 2.05) is 13.0 Å². The highest BCUT2D eigenvalue weighted by Gasteiger charge is 2.14. The normalized spacial score (nSPS) is 17.9. The molecule has 1 fully saturated rings. The third-order valence-corrected chi connectivity index (χ3v) is 3.07. The van der Waals surface area contributed by atoms with Gasteiger partial charge in [0.1, 0.15) is 12.3 Å². The van der Waals surface area contributed by atoms with Crippen molar-refractivity contribution in [2.75, 3.05) is 0 Å². The Balaban J connectivity index is 1.84. The van der Waals surface area contributed by atoms with Gasteiger partial charge in [-0.15, -0.1) is 0 Å². The van der Waals surface area contributed by atoms with E-state index in [0.29, 0.717) is 18.5 Å². The molecule has 1 aromatic rings. The monoisotopic (exact) mass is 221 g/mol. The summed E-state index contributed by atoms with van der Waals surface area (Å²) in [5.74, 6) is 1.42. The standard InChI is InChI=1S/C12H19N3O/c1-9-6-7-16-11(9)8-14-12(13)15-10-4-2-3-5-10/h6-7,10H,2-5,8H2,1H3,(H3,13,14,15). The second kappa shape index (κ2) is 5.05. The second-order valence-electron chi connectivity index (χ2n) is 4.35. The van der Waals surface area contributed by atoms with E-state index in [9.17, 15) is 0 Å². The molecule has 0 amide bonds. The van der Waals surface area contributed by atoms with Crippen LogP contribution in [0.5, 0.6) is 0 Å². The van der Waals surface area contributed by atoms with Gasteiger partial charge >= 0.3 is 0 Å². The quantitative estimate of drug-likeness (QED) is 0.605. The number of nitrogens with zero attached hydrogens (tertiary/aromatic N) is 1. The van der Waals surface area contributed by atoms with Gasteiger partial charge in [0.25, 0.3) is 0 Å². The lowest BCUT2D eigenvalue weighted by Gasteiger charge is -2.11. The van der Waals surface area contributed by atoms with Gasteiger partial charge in [0.2, 0.25) is 0 Å². The molecule has 0 aliphatic heterocycles. The molecular formula is C12H19N3O. The maximum atomic E-state index is 5.82. The van der Waals surface area contributed by atoms with E-state index in [-0.39, 0.29) is 0 Å². The molecule has 0 atom stereocenters. The molecule has 4 nitrogen and oxygen atoms in total. The summed E-state index contributed by atoms with van der Waals surface area (Å²) in [6, 6.07) is 2.45. The smallest absolute Gasteiger partial charge is 0.189 e. The first-order chi connectivity index (χ1) is 7.75. The highest BCUT2D eigenvalue weighted by molar-refractivity contribution is 5.78. The fourth-order valence-electron chi connectivity index (χ4n) is 2.05. The number of hydrogen-bond donors (Lipinski definition) is 2. The lowest BCUT2D eigenvalue weighted by molar-refractivity contribution is 0.509. The molecule has 16 heavy (non-hydrogen) atoms. The fourth-order valence-corrected chi connectivity index (χ4v) is 2.05. The van der Waals surface area contributed by atoms with E-state index in [4.69, 9.17) is 10.2 Å². The van der Waals surface area contributed by atoms with Crippen LogP contribution in [0.2, 0.25) is 0 Å². The van der Waals surface area contributed by atoms with Crippen LogP contribution in [0.4, 0.5) is 0 Å². The molecule has 0 unspecified atom stereocenters. The van der Waals surface area contributed by atoms with Gasteiger partial charge in [-0.1, -0.05) is 12.8 Å². The average Bonchev–Trinajstić information content (AvgIpc) is 2.87. The second-order valence-corrected chi connectivity index (χ2v) is 4.35. The Kier molecular flexibility index (Phi) is 3.49. The van der Waals surface area contributed by atoms with Crippen LogP contribution in [-0.4, -0.2) is 12.0 Å². The first-order valence-electron chi connectivity index (χ1n) is 5.85. The van der Waals surface area contributed by atoms with Crippen LogP contribution in [0.1, 0.15) is 37.0 Å². The van der Waals surface area contributed by atoms with Gasteiger partial charge in [0.15, 0.2) is 5.96 Å². The zero-order valence-electron chi connectivity index (χ0n) is 9.70. The van der Waals surface area contributed by atoms with E-state index in [1.165, 1.54) is 25.7 Å². The van der Waals surface area contributed by atoms with Crippen molar-refractivity contribution in [3.05, 3.63) is 23.7 Å². The predicted octanol–water partition coefficient (Wildman–Crippen LogP) is 1.93. The summed E-state index contributed by atoms with van der Waals surface area (Å²) >= 11 is 0. The van der Waals surface area contributed by atoms with Gasteiger partial charge in [0, 0.05) is 6.04 Å². The average molecular weight is 221 g/mol. The van der Waals surface area contributed by atoms with Gasteiger partial charge in [-0.2, -0.15) is 0 Å². The molecule has 0 bridgehead atoms. The summed E-state index contributed by atoms with van der Waals surface area (Å²) in [6.45, 7) is 2.53. The Morgan fingerprint density at radius 2 is 2.31 bits per heavy atom. The van der Waals surface area contributed by atoms with Gasteiger partial charge in [-0.05, 0) is 31.4 Å². The van der Waals surface area contributed by atoms with Crippen LogP contribution in [0, 0.1) is 6.92 Å². The Morgan fingerprint density at radius 3 is 2.94 bits per heavy atom. The molecule has 4 heteroatoms. The van der Waals surface area contributed by atoms with Gasteiger partial charge in [-0.3, -0.25) is 0 Å². The van der Waals surface area contributed by atoms with Crippen molar-refractivity contribution >= 4 is 5.96 Å². The molecule has 1 heterocycles. The number of guanidine groups is 1. The minimum absolute atomic E-state index is 0.515. The van der Waals surface area contributed by atoms with Crippen LogP contribution in [0.3, 0.4) is 0 Å². The lowest BCUT2D eigenvalue weighted by atomic mass is 10.2. The number of rotatable bonds is 3. The van der Waals surface area contributed by atoms with Crippen molar-refractivity contribution < 1.29 is 4.42 Å². The highest BCUT2D eigenvalue weighted by Crippen LogP contribution is 2.17. The zero-order chi connectivity index (χ0) is 11.4. The number of aryl methyl sites for hydroxylation is 1. The van der Waals surface area contributed by atoms with Crippen molar-refractivity contribution in [1.29, 1.82) is 0 Å². The number of furan rings is 1. The summed E-state index contributed by atoms with van der Waals surface area (Å²) in [4.78, 5) is 4.28. The molecule has 1 aliphatic rings. The third kappa shape index (κ3) is 2.78. The van der Waals surface area contributed by atoms with Gasteiger partial charge < -0.3 is 15.5 Å². The van der Waals surface area contributed by atoms with Crippen LogP contribution < -0.4 is 11.1 Å².